The van der Waals surface area contributed by atoms with Crippen molar-refractivity contribution in [2.24, 2.45) is 5.92 Å². The van der Waals surface area contributed by atoms with E-state index in [1.165, 1.54) is 18.2 Å². The van der Waals surface area contributed by atoms with Crippen LogP contribution in [0.4, 0.5) is 10.2 Å². The van der Waals surface area contributed by atoms with Crippen molar-refractivity contribution >= 4 is 16.7 Å². The number of rotatable bonds is 4. The third-order valence-electron chi connectivity index (χ3n) is 4.70. The Hall–Kier alpha value is -2.77. The van der Waals surface area contributed by atoms with Crippen molar-refractivity contribution in [1.82, 2.24) is 15.3 Å². The summed E-state index contributed by atoms with van der Waals surface area (Å²) in [6.07, 6.45) is 0. The second-order valence-electron chi connectivity index (χ2n) is 6.43. The van der Waals surface area contributed by atoms with E-state index >= 15 is 0 Å². The Labute approximate surface area is 149 Å². The summed E-state index contributed by atoms with van der Waals surface area (Å²) >= 11 is 0. The van der Waals surface area contributed by atoms with Gasteiger partial charge in [-0.15, -0.1) is 0 Å². The number of halogens is 1. The summed E-state index contributed by atoms with van der Waals surface area (Å²) in [5.41, 5.74) is 0.928. The second-order valence-corrected chi connectivity index (χ2v) is 6.43. The molecule has 3 aromatic rings. The Bertz CT molecular complexity index is 950. The van der Waals surface area contributed by atoms with Gasteiger partial charge in [0, 0.05) is 37.0 Å². The first-order valence-corrected chi connectivity index (χ1v) is 8.49. The van der Waals surface area contributed by atoms with Crippen LogP contribution in [0, 0.1) is 11.7 Å². The van der Waals surface area contributed by atoms with Crippen LogP contribution in [-0.2, 0) is 0 Å². The summed E-state index contributed by atoms with van der Waals surface area (Å²) in [7, 11) is 0. The summed E-state index contributed by atoms with van der Waals surface area (Å²) in [6, 6.07) is 11.2. The van der Waals surface area contributed by atoms with Crippen LogP contribution in [0.1, 0.15) is 0 Å². The van der Waals surface area contributed by atoms with E-state index in [-0.39, 0.29) is 35.7 Å². The van der Waals surface area contributed by atoms with Gasteiger partial charge in [-0.3, -0.25) is 0 Å². The number of para-hydroxylation sites is 1. The Morgan fingerprint density at radius 3 is 2.85 bits per heavy atom. The minimum absolute atomic E-state index is 0.0206. The lowest BCUT2D eigenvalue weighted by atomic mass is 10.0. The Balaban J connectivity index is 1.82. The van der Waals surface area contributed by atoms with Crippen LogP contribution in [0.15, 0.2) is 42.5 Å². The highest BCUT2D eigenvalue weighted by Gasteiger charge is 2.27. The van der Waals surface area contributed by atoms with E-state index in [1.807, 2.05) is 24.3 Å². The number of aliphatic hydroxyl groups is 1. The maximum atomic E-state index is 13.7. The number of phenols is 1. The van der Waals surface area contributed by atoms with Crippen molar-refractivity contribution in [2.75, 3.05) is 25.0 Å². The van der Waals surface area contributed by atoms with Crippen LogP contribution in [0.5, 0.6) is 5.75 Å². The van der Waals surface area contributed by atoms with Crippen LogP contribution in [-0.4, -0.2) is 45.9 Å². The van der Waals surface area contributed by atoms with Crippen LogP contribution in [0.2, 0.25) is 0 Å². The predicted octanol–water partition coefficient (Wildman–Crippen LogP) is 2.13. The first-order valence-electron chi connectivity index (χ1n) is 8.49. The molecule has 7 heteroatoms. The lowest BCUT2D eigenvalue weighted by molar-refractivity contribution is 0.231. The Kier molecular flexibility index (Phi) is 4.40. The molecule has 134 valence electrons. The largest absolute Gasteiger partial charge is 0.507 e. The molecule has 0 radical (unpaired) electrons. The number of benzene rings is 2. The van der Waals surface area contributed by atoms with Gasteiger partial charge in [-0.2, -0.15) is 0 Å². The predicted molar refractivity (Wildman–Crippen MR) is 97.5 cm³/mol. The van der Waals surface area contributed by atoms with Crippen LogP contribution >= 0.6 is 0 Å². The van der Waals surface area contributed by atoms with Gasteiger partial charge < -0.3 is 20.8 Å². The number of aliphatic hydroxyl groups excluding tert-OH is 1. The van der Waals surface area contributed by atoms with Gasteiger partial charge in [0.05, 0.1) is 11.1 Å². The second kappa shape index (κ2) is 6.86. The SMILES string of the molecule is OCC1CNC[C@H]1Nc1nc(-c2cc(F)ccc2O)nc2ccccc12. The molecule has 4 N–H and O–H groups in total. The van der Waals surface area contributed by atoms with Crippen molar-refractivity contribution in [3.05, 3.63) is 48.3 Å². The molecule has 0 aliphatic carbocycles. The summed E-state index contributed by atoms with van der Waals surface area (Å²) < 4.78 is 13.7. The quantitative estimate of drug-likeness (QED) is 0.574. The number of anilines is 1. The molecule has 1 fully saturated rings. The summed E-state index contributed by atoms with van der Waals surface area (Å²) in [5.74, 6) is 0.374. The van der Waals surface area contributed by atoms with Crippen molar-refractivity contribution in [1.29, 1.82) is 0 Å². The number of aromatic hydroxyl groups is 1. The van der Waals surface area contributed by atoms with Gasteiger partial charge in [0.1, 0.15) is 17.4 Å². The molecule has 6 nitrogen and oxygen atoms in total. The molecule has 4 rings (SSSR count). The van der Waals surface area contributed by atoms with E-state index in [1.54, 1.807) is 0 Å². The monoisotopic (exact) mass is 354 g/mol. The van der Waals surface area contributed by atoms with E-state index in [0.717, 1.165) is 11.9 Å². The molecule has 0 bridgehead atoms. The molecule has 1 aromatic heterocycles. The highest BCUT2D eigenvalue weighted by atomic mass is 19.1. The van der Waals surface area contributed by atoms with Gasteiger partial charge in [0.25, 0.3) is 0 Å². The number of fused-ring (bicyclic) bond motifs is 1. The fraction of sp³-hybridized carbons (Fsp3) is 0.263. The smallest absolute Gasteiger partial charge is 0.165 e. The average Bonchev–Trinajstić information content (AvgIpc) is 3.11. The Morgan fingerprint density at radius 2 is 2.00 bits per heavy atom. The maximum Gasteiger partial charge on any atom is 0.165 e. The van der Waals surface area contributed by atoms with Gasteiger partial charge in [-0.1, -0.05) is 12.1 Å². The summed E-state index contributed by atoms with van der Waals surface area (Å²) in [5, 5.41) is 27.1. The summed E-state index contributed by atoms with van der Waals surface area (Å²) in [4.78, 5) is 9.03. The fourth-order valence-corrected chi connectivity index (χ4v) is 3.26. The van der Waals surface area contributed by atoms with Crippen molar-refractivity contribution in [3.8, 4) is 17.1 Å². The Morgan fingerprint density at radius 1 is 1.15 bits per heavy atom. The van der Waals surface area contributed by atoms with Gasteiger partial charge in [0.15, 0.2) is 5.82 Å². The maximum absolute atomic E-state index is 13.7. The minimum atomic E-state index is -0.468. The number of nitrogens with one attached hydrogen (secondary N) is 2. The van der Waals surface area contributed by atoms with E-state index < -0.39 is 5.82 Å². The zero-order chi connectivity index (χ0) is 18.1. The van der Waals surface area contributed by atoms with Crippen molar-refractivity contribution in [3.63, 3.8) is 0 Å². The van der Waals surface area contributed by atoms with Gasteiger partial charge in [-0.05, 0) is 30.3 Å². The molecule has 1 aliphatic rings. The van der Waals surface area contributed by atoms with E-state index in [0.29, 0.717) is 17.9 Å². The molecule has 1 saturated heterocycles. The molecule has 0 spiro atoms. The van der Waals surface area contributed by atoms with Crippen LogP contribution < -0.4 is 10.6 Å². The van der Waals surface area contributed by atoms with Crippen LogP contribution in [0.25, 0.3) is 22.3 Å². The summed E-state index contributed by atoms with van der Waals surface area (Å²) in [6.45, 7) is 1.52. The molecule has 0 amide bonds. The fourth-order valence-electron chi connectivity index (χ4n) is 3.26. The van der Waals surface area contributed by atoms with E-state index in [2.05, 4.69) is 20.6 Å². The highest BCUT2D eigenvalue weighted by Crippen LogP contribution is 2.31. The van der Waals surface area contributed by atoms with Gasteiger partial charge >= 0.3 is 0 Å². The molecular formula is C19H19FN4O2. The number of hydrogen-bond donors (Lipinski definition) is 4. The molecule has 2 aromatic carbocycles. The molecule has 0 saturated carbocycles. The van der Waals surface area contributed by atoms with Crippen molar-refractivity contribution in [2.45, 2.75) is 6.04 Å². The minimum Gasteiger partial charge on any atom is -0.507 e. The van der Waals surface area contributed by atoms with Gasteiger partial charge in [0.2, 0.25) is 0 Å². The topological polar surface area (TPSA) is 90.3 Å². The number of hydrogen-bond acceptors (Lipinski definition) is 6. The third-order valence-corrected chi connectivity index (χ3v) is 4.70. The van der Waals surface area contributed by atoms with Crippen molar-refractivity contribution < 1.29 is 14.6 Å². The zero-order valence-corrected chi connectivity index (χ0v) is 14.0. The number of aromatic nitrogens is 2. The molecule has 1 aliphatic heterocycles. The normalized spacial score (nSPS) is 19.8. The van der Waals surface area contributed by atoms with Gasteiger partial charge in [-0.25, -0.2) is 14.4 Å². The average molecular weight is 354 g/mol. The first-order chi connectivity index (χ1) is 12.7. The molecule has 26 heavy (non-hydrogen) atoms. The molecule has 2 heterocycles. The zero-order valence-electron chi connectivity index (χ0n) is 14.0. The lowest BCUT2D eigenvalue weighted by Gasteiger charge is -2.20. The lowest BCUT2D eigenvalue weighted by Crippen LogP contribution is -2.30. The highest BCUT2D eigenvalue weighted by molar-refractivity contribution is 5.91. The molecule has 1 unspecified atom stereocenters. The molecule has 2 atom stereocenters. The molecular weight excluding hydrogens is 335 g/mol. The third kappa shape index (κ3) is 3.07. The van der Waals surface area contributed by atoms with Crippen LogP contribution in [0.3, 0.4) is 0 Å². The number of nitrogens with zero attached hydrogens (tertiary/aromatic N) is 2. The first kappa shape index (κ1) is 16.7. The standard InChI is InChI=1S/C19H19FN4O2/c20-12-5-6-17(26)14(7-12)19-22-15-4-2-1-3-13(15)18(24-19)23-16-9-21-8-11(16)10-25/h1-7,11,16,21,25-26H,8-10H2,(H,22,23,24)/t11?,16-/m1/s1. The number of phenolic OH excluding ortho intramolecular Hbond substituents is 1. The van der Waals surface area contributed by atoms with E-state index in [9.17, 15) is 14.6 Å². The van der Waals surface area contributed by atoms with E-state index in [4.69, 9.17) is 0 Å².